The topological polar surface area (TPSA) is 94.6 Å². The van der Waals surface area contributed by atoms with Crippen LogP contribution < -0.4 is 15.8 Å². The van der Waals surface area contributed by atoms with Crippen molar-refractivity contribution in [3.63, 3.8) is 0 Å². The number of carbonyl (C=O) groups excluding carboxylic acids is 1. The van der Waals surface area contributed by atoms with E-state index in [1.807, 2.05) is 11.9 Å². The number of urea groups is 1. The van der Waals surface area contributed by atoms with Gasteiger partial charge in [-0.1, -0.05) is 0 Å². The van der Waals surface area contributed by atoms with Crippen molar-refractivity contribution in [2.24, 2.45) is 23.5 Å². The predicted molar refractivity (Wildman–Crippen MR) is 115 cm³/mol. The lowest BCUT2D eigenvalue weighted by molar-refractivity contribution is 0.0700. The van der Waals surface area contributed by atoms with Gasteiger partial charge in [-0.25, -0.2) is 4.79 Å². The molecule has 3 atom stereocenters. The lowest BCUT2D eigenvalue weighted by Gasteiger charge is -2.42. The van der Waals surface area contributed by atoms with Gasteiger partial charge in [-0.05, 0) is 67.7 Å². The van der Waals surface area contributed by atoms with Crippen LogP contribution in [0.3, 0.4) is 0 Å². The van der Waals surface area contributed by atoms with Gasteiger partial charge in [0.2, 0.25) is 0 Å². The molecule has 2 aliphatic carbocycles. The van der Waals surface area contributed by atoms with Crippen LogP contribution in [0, 0.1) is 29.1 Å². The zero-order valence-corrected chi connectivity index (χ0v) is 17.8. The zero-order valence-electron chi connectivity index (χ0n) is 17.8. The highest BCUT2D eigenvalue weighted by molar-refractivity contribution is 5.74. The SMILES string of the molecule is CN(C(=O)NCC1CC1)C1C2CCC1CN(C[C@H](N)COc1ccc(C#N)cc1)C2. The number of fused-ring (bicyclic) bond motifs is 2. The molecule has 7 heteroatoms. The number of hydrogen-bond donors (Lipinski definition) is 2. The number of nitrogens with zero attached hydrogens (tertiary/aromatic N) is 3. The van der Waals surface area contributed by atoms with Crippen LogP contribution >= 0.6 is 0 Å². The van der Waals surface area contributed by atoms with E-state index >= 15 is 0 Å². The first-order valence-electron chi connectivity index (χ1n) is 11.1. The van der Waals surface area contributed by atoms with Gasteiger partial charge in [-0.15, -0.1) is 0 Å². The van der Waals surface area contributed by atoms with E-state index in [0.29, 0.717) is 36.0 Å². The largest absolute Gasteiger partial charge is 0.492 e. The molecule has 2 saturated carbocycles. The number of nitrogens with one attached hydrogen (secondary N) is 1. The molecule has 1 aliphatic heterocycles. The van der Waals surface area contributed by atoms with E-state index in [4.69, 9.17) is 15.7 Å². The van der Waals surface area contributed by atoms with E-state index < -0.39 is 0 Å². The minimum Gasteiger partial charge on any atom is -0.492 e. The van der Waals surface area contributed by atoms with Crippen LogP contribution in [0.15, 0.2) is 24.3 Å². The second-order valence-electron chi connectivity index (χ2n) is 9.25. The molecule has 162 valence electrons. The Morgan fingerprint density at radius 2 is 1.93 bits per heavy atom. The lowest BCUT2D eigenvalue weighted by Crippen LogP contribution is -2.56. The molecule has 30 heavy (non-hydrogen) atoms. The maximum absolute atomic E-state index is 12.6. The van der Waals surface area contributed by atoms with Gasteiger partial charge >= 0.3 is 6.03 Å². The number of piperidine rings is 1. The molecule has 2 unspecified atom stereocenters. The van der Waals surface area contributed by atoms with Crippen molar-refractivity contribution < 1.29 is 9.53 Å². The summed E-state index contributed by atoms with van der Waals surface area (Å²) in [5.74, 6) is 2.48. The van der Waals surface area contributed by atoms with Crippen molar-refractivity contribution in [3.8, 4) is 11.8 Å². The molecule has 4 rings (SSSR count). The summed E-state index contributed by atoms with van der Waals surface area (Å²) in [5, 5.41) is 12.0. The minimum atomic E-state index is -0.0730. The van der Waals surface area contributed by atoms with Crippen molar-refractivity contribution in [1.29, 1.82) is 5.26 Å². The Morgan fingerprint density at radius 3 is 2.53 bits per heavy atom. The number of amides is 2. The molecular formula is C23H33N5O2. The highest BCUT2D eigenvalue weighted by Gasteiger charge is 2.45. The first-order valence-corrected chi connectivity index (χ1v) is 11.1. The maximum Gasteiger partial charge on any atom is 0.317 e. The molecule has 2 bridgehead atoms. The average molecular weight is 412 g/mol. The average Bonchev–Trinajstić information content (AvgIpc) is 3.54. The van der Waals surface area contributed by atoms with Gasteiger partial charge in [0.1, 0.15) is 12.4 Å². The quantitative estimate of drug-likeness (QED) is 0.683. The molecular weight excluding hydrogens is 378 g/mol. The highest BCUT2D eigenvalue weighted by Crippen LogP contribution is 2.39. The van der Waals surface area contributed by atoms with E-state index in [9.17, 15) is 4.79 Å². The van der Waals surface area contributed by atoms with Crippen LogP contribution in [-0.4, -0.2) is 67.7 Å². The van der Waals surface area contributed by atoms with Crippen LogP contribution in [-0.2, 0) is 0 Å². The number of hydrogen-bond acceptors (Lipinski definition) is 5. The minimum absolute atomic E-state index is 0.0730. The fourth-order valence-corrected chi connectivity index (χ4v) is 5.10. The Balaban J connectivity index is 1.23. The second kappa shape index (κ2) is 9.23. The van der Waals surface area contributed by atoms with Crippen molar-refractivity contribution in [2.45, 2.75) is 37.8 Å². The third kappa shape index (κ3) is 5.05. The van der Waals surface area contributed by atoms with E-state index in [0.717, 1.165) is 31.9 Å². The normalized spacial score (nSPS) is 26.6. The number of ether oxygens (including phenoxy) is 1. The lowest BCUT2D eigenvalue weighted by atomic mass is 9.91. The molecule has 7 nitrogen and oxygen atoms in total. The summed E-state index contributed by atoms with van der Waals surface area (Å²) in [5.41, 5.74) is 6.96. The third-order valence-corrected chi connectivity index (χ3v) is 6.81. The van der Waals surface area contributed by atoms with Gasteiger partial charge in [-0.2, -0.15) is 5.26 Å². The van der Waals surface area contributed by atoms with Crippen LogP contribution in [0.4, 0.5) is 4.79 Å². The van der Waals surface area contributed by atoms with Gasteiger partial charge in [0.15, 0.2) is 0 Å². The molecule has 2 amide bonds. The van der Waals surface area contributed by atoms with Gasteiger partial charge in [0.25, 0.3) is 0 Å². The molecule has 1 aromatic carbocycles. The van der Waals surface area contributed by atoms with Gasteiger partial charge in [0.05, 0.1) is 17.7 Å². The van der Waals surface area contributed by atoms with Gasteiger partial charge in [-0.3, -0.25) is 0 Å². The van der Waals surface area contributed by atoms with Gasteiger partial charge < -0.3 is 25.6 Å². The van der Waals surface area contributed by atoms with Crippen molar-refractivity contribution >= 4 is 6.03 Å². The molecule has 1 saturated heterocycles. The Morgan fingerprint density at radius 1 is 1.27 bits per heavy atom. The Labute approximate surface area is 179 Å². The fraction of sp³-hybridized carbons (Fsp3) is 0.652. The van der Waals surface area contributed by atoms with Crippen molar-refractivity contribution in [1.82, 2.24) is 15.1 Å². The standard InChI is InChI=1S/C23H33N5O2/c1-27(23(29)26-11-17-2-3-17)22-18-6-7-19(22)13-28(12-18)14-20(25)15-30-21-8-4-16(10-24)5-9-21/h4-5,8-9,17-20,22H,2-3,6-7,11-15,25H2,1H3,(H,26,29)/t18?,19?,20-,22?/m0/s1. The van der Waals surface area contributed by atoms with E-state index in [-0.39, 0.29) is 12.1 Å². The number of likely N-dealkylation sites (tertiary alicyclic amines) is 1. The Hall–Kier alpha value is -2.30. The van der Waals surface area contributed by atoms with Gasteiger partial charge in [0, 0.05) is 39.3 Å². The number of benzene rings is 1. The molecule has 1 heterocycles. The summed E-state index contributed by atoms with van der Waals surface area (Å²) in [6, 6.07) is 9.57. The van der Waals surface area contributed by atoms with E-state index in [1.165, 1.54) is 25.7 Å². The van der Waals surface area contributed by atoms with Crippen LogP contribution in [0.25, 0.3) is 0 Å². The Bertz CT molecular complexity index is 759. The third-order valence-electron chi connectivity index (χ3n) is 6.81. The zero-order chi connectivity index (χ0) is 21.1. The summed E-state index contributed by atoms with van der Waals surface area (Å²) in [4.78, 5) is 17.0. The Kier molecular flexibility index (Phi) is 6.45. The highest BCUT2D eigenvalue weighted by atomic mass is 16.5. The van der Waals surface area contributed by atoms with Crippen LogP contribution in [0.5, 0.6) is 5.75 Å². The van der Waals surface area contributed by atoms with Crippen LogP contribution in [0.2, 0.25) is 0 Å². The fourth-order valence-electron chi connectivity index (χ4n) is 5.10. The van der Waals surface area contributed by atoms with E-state index in [1.54, 1.807) is 24.3 Å². The number of nitrogens with two attached hydrogens (primary N) is 1. The monoisotopic (exact) mass is 411 g/mol. The first-order chi connectivity index (χ1) is 14.5. The number of nitriles is 1. The summed E-state index contributed by atoms with van der Waals surface area (Å²) >= 11 is 0. The molecule has 0 spiro atoms. The van der Waals surface area contributed by atoms with E-state index in [2.05, 4.69) is 16.3 Å². The summed E-state index contributed by atoms with van der Waals surface area (Å²) < 4.78 is 5.80. The smallest absolute Gasteiger partial charge is 0.317 e. The first kappa shape index (κ1) is 21.0. The maximum atomic E-state index is 12.6. The number of carbonyl (C=O) groups is 1. The van der Waals surface area contributed by atoms with Crippen molar-refractivity contribution in [3.05, 3.63) is 29.8 Å². The molecule has 3 aliphatic rings. The summed E-state index contributed by atoms with van der Waals surface area (Å²) in [6.07, 6.45) is 4.87. The predicted octanol–water partition coefficient (Wildman–Crippen LogP) is 2.03. The molecule has 3 N–H and O–H groups in total. The molecule has 0 aromatic heterocycles. The van der Waals surface area contributed by atoms with Crippen LogP contribution in [0.1, 0.15) is 31.2 Å². The molecule has 0 radical (unpaired) electrons. The number of rotatable bonds is 8. The molecule has 1 aromatic rings. The molecule has 3 fully saturated rings. The second-order valence-corrected chi connectivity index (χ2v) is 9.25. The summed E-state index contributed by atoms with van der Waals surface area (Å²) in [7, 11) is 1.96. The summed E-state index contributed by atoms with van der Waals surface area (Å²) in [6.45, 7) is 4.06. The van der Waals surface area contributed by atoms with Crippen molar-refractivity contribution in [2.75, 3.05) is 39.8 Å².